The summed E-state index contributed by atoms with van der Waals surface area (Å²) in [4.78, 5) is 15.2. The summed E-state index contributed by atoms with van der Waals surface area (Å²) in [6, 6.07) is 19.9. The molecule has 3 aromatic rings. The van der Waals surface area contributed by atoms with E-state index in [1.54, 1.807) is 6.07 Å². The van der Waals surface area contributed by atoms with Crippen molar-refractivity contribution in [3.05, 3.63) is 71.0 Å². The molecule has 0 N–H and O–H groups in total. The van der Waals surface area contributed by atoms with Crippen LogP contribution >= 0.6 is 0 Å². The molecule has 0 unspecified atom stereocenters. The summed E-state index contributed by atoms with van der Waals surface area (Å²) < 4.78 is 1.81. The van der Waals surface area contributed by atoms with Crippen LogP contribution in [0, 0.1) is 0 Å². The first kappa shape index (κ1) is 14.1. The van der Waals surface area contributed by atoms with E-state index in [0.717, 1.165) is 35.4 Å². The molecule has 2 aromatic carbocycles. The van der Waals surface area contributed by atoms with Crippen LogP contribution in [0.15, 0.2) is 65.5 Å². The zero-order valence-corrected chi connectivity index (χ0v) is 13.1. The fraction of sp³-hybridized carbons (Fsp3) is 0.250. The summed E-state index contributed by atoms with van der Waals surface area (Å²) in [6.45, 7) is 2.08. The van der Waals surface area contributed by atoms with Crippen LogP contribution < -0.4 is 10.5 Å². The van der Waals surface area contributed by atoms with Gasteiger partial charge in [0.25, 0.3) is 5.56 Å². The van der Waals surface area contributed by atoms with Crippen molar-refractivity contribution >= 4 is 16.6 Å². The number of para-hydroxylation sites is 2. The number of pyridine rings is 1. The van der Waals surface area contributed by atoms with Crippen LogP contribution in [0.3, 0.4) is 0 Å². The van der Waals surface area contributed by atoms with Gasteiger partial charge in [-0.25, -0.2) is 0 Å². The van der Waals surface area contributed by atoms with E-state index >= 15 is 0 Å². The second-order valence-corrected chi connectivity index (χ2v) is 6.10. The van der Waals surface area contributed by atoms with Gasteiger partial charge >= 0.3 is 0 Å². The van der Waals surface area contributed by atoms with E-state index in [1.165, 1.54) is 19.3 Å². The van der Waals surface area contributed by atoms with Crippen molar-refractivity contribution < 1.29 is 0 Å². The molecule has 116 valence electrons. The maximum atomic E-state index is 12.8. The SMILES string of the molecule is O=c1cc(N2CCCCC2)c2ccccc2n1-c1ccccc1. The van der Waals surface area contributed by atoms with Crippen LogP contribution in [0.1, 0.15) is 19.3 Å². The lowest BCUT2D eigenvalue weighted by atomic mass is 10.1. The molecule has 2 heterocycles. The molecule has 0 saturated carbocycles. The van der Waals surface area contributed by atoms with Crippen molar-refractivity contribution in [3.8, 4) is 5.69 Å². The number of fused-ring (bicyclic) bond motifs is 1. The Kier molecular flexibility index (Phi) is 3.62. The number of rotatable bonds is 2. The quantitative estimate of drug-likeness (QED) is 0.715. The van der Waals surface area contributed by atoms with E-state index < -0.39 is 0 Å². The predicted octanol–water partition coefficient (Wildman–Crippen LogP) is 3.98. The van der Waals surface area contributed by atoms with Crippen LogP contribution in [0.4, 0.5) is 5.69 Å². The molecular formula is C20H20N2O. The topological polar surface area (TPSA) is 25.2 Å². The molecule has 1 aliphatic heterocycles. The Morgan fingerprint density at radius 3 is 2.26 bits per heavy atom. The molecule has 0 spiro atoms. The standard InChI is InChI=1S/C20H20N2O/c23-20-15-19(21-13-7-2-8-14-21)17-11-5-6-12-18(17)22(20)16-9-3-1-4-10-16/h1,3-6,9-12,15H,2,7-8,13-14H2. The van der Waals surface area contributed by atoms with Gasteiger partial charge in [-0.3, -0.25) is 9.36 Å². The van der Waals surface area contributed by atoms with E-state index in [2.05, 4.69) is 17.0 Å². The Morgan fingerprint density at radius 2 is 1.48 bits per heavy atom. The summed E-state index contributed by atoms with van der Waals surface area (Å²) in [5, 5.41) is 1.15. The fourth-order valence-corrected chi connectivity index (χ4v) is 3.50. The van der Waals surface area contributed by atoms with Gasteiger partial charge in [-0.1, -0.05) is 36.4 Å². The molecule has 3 nitrogen and oxygen atoms in total. The number of piperidine rings is 1. The number of nitrogens with zero attached hydrogens (tertiary/aromatic N) is 2. The minimum atomic E-state index is 0.0375. The van der Waals surface area contributed by atoms with Crippen LogP contribution in [-0.2, 0) is 0 Å². The Hall–Kier alpha value is -2.55. The predicted molar refractivity (Wildman–Crippen MR) is 95.6 cm³/mol. The molecular weight excluding hydrogens is 284 g/mol. The first-order valence-electron chi connectivity index (χ1n) is 8.30. The molecule has 3 heteroatoms. The molecule has 0 bridgehead atoms. The number of hydrogen-bond acceptors (Lipinski definition) is 2. The van der Waals surface area contributed by atoms with E-state index in [9.17, 15) is 4.79 Å². The van der Waals surface area contributed by atoms with E-state index in [1.807, 2.05) is 47.0 Å². The third-order valence-corrected chi connectivity index (χ3v) is 4.61. The summed E-state index contributed by atoms with van der Waals surface area (Å²) in [6.07, 6.45) is 3.70. The summed E-state index contributed by atoms with van der Waals surface area (Å²) in [5.41, 5.74) is 3.01. The zero-order chi connectivity index (χ0) is 15.6. The average Bonchev–Trinajstić information content (AvgIpc) is 2.62. The van der Waals surface area contributed by atoms with Crippen LogP contribution in [0.25, 0.3) is 16.6 Å². The van der Waals surface area contributed by atoms with Crippen LogP contribution in [-0.4, -0.2) is 17.7 Å². The van der Waals surface area contributed by atoms with Crippen molar-refractivity contribution in [2.45, 2.75) is 19.3 Å². The molecule has 1 saturated heterocycles. The van der Waals surface area contributed by atoms with Crippen molar-refractivity contribution in [2.75, 3.05) is 18.0 Å². The zero-order valence-electron chi connectivity index (χ0n) is 13.1. The largest absolute Gasteiger partial charge is 0.371 e. The van der Waals surface area contributed by atoms with Crippen molar-refractivity contribution in [2.24, 2.45) is 0 Å². The van der Waals surface area contributed by atoms with Gasteiger partial charge in [0.05, 0.1) is 11.2 Å². The first-order chi connectivity index (χ1) is 11.3. The number of aromatic nitrogens is 1. The number of hydrogen-bond donors (Lipinski definition) is 0. The van der Waals surface area contributed by atoms with Crippen molar-refractivity contribution in [3.63, 3.8) is 0 Å². The molecule has 1 fully saturated rings. The van der Waals surface area contributed by atoms with Crippen molar-refractivity contribution in [1.29, 1.82) is 0 Å². The van der Waals surface area contributed by atoms with Gasteiger partial charge in [-0.15, -0.1) is 0 Å². The van der Waals surface area contributed by atoms with E-state index in [0.29, 0.717) is 0 Å². The lowest BCUT2D eigenvalue weighted by Gasteiger charge is -2.30. The fourth-order valence-electron chi connectivity index (χ4n) is 3.50. The maximum Gasteiger partial charge on any atom is 0.257 e. The molecule has 1 aromatic heterocycles. The first-order valence-corrected chi connectivity index (χ1v) is 8.30. The third-order valence-electron chi connectivity index (χ3n) is 4.61. The highest BCUT2D eigenvalue weighted by molar-refractivity contribution is 5.93. The maximum absolute atomic E-state index is 12.8. The Morgan fingerprint density at radius 1 is 0.783 bits per heavy atom. The Balaban J connectivity index is 1.97. The van der Waals surface area contributed by atoms with E-state index in [-0.39, 0.29) is 5.56 Å². The molecule has 0 radical (unpaired) electrons. The summed E-state index contributed by atoms with van der Waals surface area (Å²) in [7, 11) is 0. The van der Waals surface area contributed by atoms with Crippen LogP contribution in [0.2, 0.25) is 0 Å². The summed E-state index contributed by atoms with van der Waals surface area (Å²) in [5.74, 6) is 0. The molecule has 1 aliphatic rings. The number of benzene rings is 2. The minimum Gasteiger partial charge on any atom is -0.371 e. The molecule has 0 aliphatic carbocycles. The lowest BCUT2D eigenvalue weighted by Crippen LogP contribution is -2.31. The van der Waals surface area contributed by atoms with Crippen LogP contribution in [0.5, 0.6) is 0 Å². The average molecular weight is 304 g/mol. The molecule has 4 rings (SSSR count). The highest BCUT2D eigenvalue weighted by Gasteiger charge is 2.16. The highest BCUT2D eigenvalue weighted by atomic mass is 16.1. The second kappa shape index (κ2) is 5.92. The summed E-state index contributed by atoms with van der Waals surface area (Å²) >= 11 is 0. The molecule has 0 amide bonds. The lowest BCUT2D eigenvalue weighted by molar-refractivity contribution is 0.578. The van der Waals surface area contributed by atoms with Gasteiger partial charge in [0.2, 0.25) is 0 Å². The number of anilines is 1. The third kappa shape index (κ3) is 2.52. The smallest absolute Gasteiger partial charge is 0.257 e. The van der Waals surface area contributed by atoms with Gasteiger partial charge in [-0.05, 0) is 37.5 Å². The Bertz CT molecular complexity index is 877. The second-order valence-electron chi connectivity index (χ2n) is 6.10. The van der Waals surface area contributed by atoms with Gasteiger partial charge in [0, 0.05) is 30.2 Å². The highest BCUT2D eigenvalue weighted by Crippen LogP contribution is 2.28. The Labute approximate surface area is 135 Å². The van der Waals surface area contributed by atoms with Gasteiger partial charge in [-0.2, -0.15) is 0 Å². The van der Waals surface area contributed by atoms with E-state index in [4.69, 9.17) is 0 Å². The molecule has 23 heavy (non-hydrogen) atoms. The minimum absolute atomic E-state index is 0.0375. The van der Waals surface area contributed by atoms with Gasteiger partial charge < -0.3 is 4.90 Å². The van der Waals surface area contributed by atoms with Gasteiger partial charge in [0.15, 0.2) is 0 Å². The monoisotopic (exact) mass is 304 g/mol. The molecule has 0 atom stereocenters. The van der Waals surface area contributed by atoms with Crippen molar-refractivity contribution in [1.82, 2.24) is 4.57 Å². The van der Waals surface area contributed by atoms with Gasteiger partial charge in [0.1, 0.15) is 0 Å². The normalized spacial score (nSPS) is 15.0.